The lowest BCUT2D eigenvalue weighted by Crippen LogP contribution is -2.09. The van der Waals surface area contributed by atoms with Gasteiger partial charge in [0.1, 0.15) is 12.4 Å². The minimum Gasteiger partial charge on any atom is -0.482 e. The number of rotatable bonds is 10. The summed E-state index contributed by atoms with van der Waals surface area (Å²) in [6.07, 6.45) is 1.42. The molecule has 30 heavy (non-hydrogen) atoms. The third-order valence-corrected chi connectivity index (χ3v) is 4.58. The lowest BCUT2D eigenvalue weighted by molar-refractivity contribution is -0.139. The monoisotopic (exact) mass is 403 g/mol. The van der Waals surface area contributed by atoms with Crippen molar-refractivity contribution in [2.24, 2.45) is 5.16 Å². The third kappa shape index (κ3) is 6.21. The van der Waals surface area contributed by atoms with E-state index in [1.165, 1.54) is 11.1 Å². The molecule has 5 heteroatoms. The minimum absolute atomic E-state index is 0.354. The summed E-state index contributed by atoms with van der Waals surface area (Å²) in [5, 5.41) is 13.0. The molecule has 0 unspecified atom stereocenters. The van der Waals surface area contributed by atoms with Gasteiger partial charge in [-0.3, -0.25) is 0 Å². The molecule has 0 saturated heterocycles. The standard InChI is InChI=1S/C25H25NO4/c1-2-24(22-13-11-21(12-14-22)20-8-4-3-5-9-20)26-30-16-15-19-7-6-10-23(17-19)29-18-25(27)28/h3-14,17H,2,15-16,18H2,1H3,(H,27,28)/b26-24+. The van der Waals surface area contributed by atoms with E-state index in [-0.39, 0.29) is 6.61 Å². The Morgan fingerprint density at radius 1 is 0.933 bits per heavy atom. The van der Waals surface area contributed by atoms with Crippen LogP contribution in [0.4, 0.5) is 0 Å². The van der Waals surface area contributed by atoms with Crippen LogP contribution in [0.2, 0.25) is 0 Å². The van der Waals surface area contributed by atoms with Gasteiger partial charge in [0.15, 0.2) is 6.61 Å². The van der Waals surface area contributed by atoms with E-state index >= 15 is 0 Å². The SMILES string of the molecule is CC/C(=N\OCCc1cccc(OCC(=O)O)c1)c1ccc(-c2ccccc2)cc1. The van der Waals surface area contributed by atoms with Crippen LogP contribution in [0.15, 0.2) is 84.0 Å². The number of hydrogen-bond acceptors (Lipinski definition) is 4. The summed E-state index contributed by atoms with van der Waals surface area (Å²) in [4.78, 5) is 16.2. The van der Waals surface area contributed by atoms with E-state index < -0.39 is 5.97 Å². The number of carboxylic acid groups (broad SMARTS) is 1. The summed E-state index contributed by atoms with van der Waals surface area (Å²) in [6.45, 7) is 2.12. The zero-order valence-electron chi connectivity index (χ0n) is 17.0. The number of oxime groups is 1. The number of nitrogens with zero attached hydrogens (tertiary/aromatic N) is 1. The van der Waals surface area contributed by atoms with Crippen LogP contribution in [0.25, 0.3) is 11.1 Å². The fourth-order valence-electron chi connectivity index (χ4n) is 3.03. The summed E-state index contributed by atoms with van der Waals surface area (Å²) in [6, 6.07) is 25.9. The fourth-order valence-corrected chi connectivity index (χ4v) is 3.03. The highest BCUT2D eigenvalue weighted by molar-refractivity contribution is 6.00. The van der Waals surface area contributed by atoms with Crippen LogP contribution in [0, 0.1) is 0 Å². The molecule has 154 valence electrons. The van der Waals surface area contributed by atoms with E-state index in [0.29, 0.717) is 18.8 Å². The predicted octanol–water partition coefficient (Wildman–Crippen LogP) is 5.19. The number of carbonyl (C=O) groups is 1. The van der Waals surface area contributed by atoms with E-state index in [9.17, 15) is 4.79 Å². The van der Waals surface area contributed by atoms with Gasteiger partial charge in [-0.2, -0.15) is 0 Å². The molecule has 3 aromatic rings. The first-order chi connectivity index (χ1) is 14.7. The largest absolute Gasteiger partial charge is 0.482 e. The Balaban J connectivity index is 1.56. The number of aliphatic carboxylic acids is 1. The van der Waals surface area contributed by atoms with Crippen molar-refractivity contribution in [1.82, 2.24) is 0 Å². The average Bonchev–Trinajstić information content (AvgIpc) is 2.79. The van der Waals surface area contributed by atoms with Gasteiger partial charge in [-0.1, -0.05) is 78.8 Å². The van der Waals surface area contributed by atoms with Crippen LogP contribution in [-0.4, -0.2) is 30.0 Å². The Hall–Kier alpha value is -3.60. The lowest BCUT2D eigenvalue weighted by Gasteiger charge is -2.08. The Morgan fingerprint density at radius 3 is 2.37 bits per heavy atom. The smallest absolute Gasteiger partial charge is 0.341 e. The van der Waals surface area contributed by atoms with E-state index in [4.69, 9.17) is 14.7 Å². The van der Waals surface area contributed by atoms with E-state index in [2.05, 4.69) is 48.5 Å². The molecular weight excluding hydrogens is 378 g/mol. The minimum atomic E-state index is -0.998. The Labute approximate surface area is 176 Å². The van der Waals surface area contributed by atoms with Gasteiger partial charge in [-0.15, -0.1) is 0 Å². The van der Waals surface area contributed by atoms with Gasteiger partial charge in [0.25, 0.3) is 0 Å². The molecule has 0 aliphatic heterocycles. The van der Waals surface area contributed by atoms with E-state index in [1.807, 2.05) is 36.4 Å². The second kappa shape index (κ2) is 10.8. The zero-order chi connectivity index (χ0) is 21.2. The highest BCUT2D eigenvalue weighted by atomic mass is 16.6. The van der Waals surface area contributed by atoms with Crippen molar-refractivity contribution in [2.45, 2.75) is 19.8 Å². The summed E-state index contributed by atoms with van der Waals surface area (Å²) in [5.41, 5.74) is 5.29. The van der Waals surface area contributed by atoms with Crippen LogP contribution in [0.3, 0.4) is 0 Å². The average molecular weight is 403 g/mol. The summed E-state index contributed by atoms with van der Waals surface area (Å²) >= 11 is 0. The molecule has 0 amide bonds. The lowest BCUT2D eigenvalue weighted by atomic mass is 10.0. The van der Waals surface area contributed by atoms with E-state index in [1.54, 1.807) is 6.07 Å². The van der Waals surface area contributed by atoms with Crippen LogP contribution in [0.5, 0.6) is 5.75 Å². The highest BCUT2D eigenvalue weighted by Crippen LogP contribution is 2.20. The number of benzene rings is 3. The molecule has 0 fully saturated rings. The van der Waals surface area contributed by atoms with Crippen LogP contribution in [0.1, 0.15) is 24.5 Å². The van der Waals surface area contributed by atoms with E-state index in [0.717, 1.165) is 23.3 Å². The molecule has 0 radical (unpaired) electrons. The maximum absolute atomic E-state index is 10.6. The first-order valence-electron chi connectivity index (χ1n) is 9.94. The van der Waals surface area contributed by atoms with Crippen LogP contribution < -0.4 is 4.74 Å². The Bertz CT molecular complexity index is 982. The molecule has 0 aliphatic carbocycles. The van der Waals surface area contributed by atoms with Gasteiger partial charge in [0.05, 0.1) is 5.71 Å². The number of carboxylic acids is 1. The molecule has 0 bridgehead atoms. The molecule has 0 heterocycles. The Kier molecular flexibility index (Phi) is 7.61. The maximum Gasteiger partial charge on any atom is 0.341 e. The van der Waals surface area contributed by atoms with Crippen molar-refractivity contribution in [2.75, 3.05) is 13.2 Å². The van der Waals surface area contributed by atoms with Crippen molar-refractivity contribution in [3.63, 3.8) is 0 Å². The molecule has 3 aromatic carbocycles. The van der Waals surface area contributed by atoms with Crippen molar-refractivity contribution in [3.05, 3.63) is 90.0 Å². The molecule has 0 aliphatic rings. The molecule has 0 atom stereocenters. The molecular formula is C25H25NO4. The van der Waals surface area contributed by atoms with Crippen LogP contribution in [-0.2, 0) is 16.1 Å². The van der Waals surface area contributed by atoms with Gasteiger partial charge >= 0.3 is 5.97 Å². The second-order valence-electron chi connectivity index (χ2n) is 6.75. The van der Waals surface area contributed by atoms with Crippen molar-refractivity contribution < 1.29 is 19.5 Å². The zero-order valence-corrected chi connectivity index (χ0v) is 17.0. The van der Waals surface area contributed by atoms with Crippen molar-refractivity contribution >= 4 is 11.7 Å². The highest BCUT2D eigenvalue weighted by Gasteiger charge is 2.05. The van der Waals surface area contributed by atoms with Crippen molar-refractivity contribution in [3.8, 4) is 16.9 Å². The predicted molar refractivity (Wildman–Crippen MR) is 118 cm³/mol. The molecule has 0 aromatic heterocycles. The van der Waals surface area contributed by atoms with Gasteiger partial charge in [-0.25, -0.2) is 4.79 Å². The second-order valence-corrected chi connectivity index (χ2v) is 6.75. The third-order valence-electron chi connectivity index (χ3n) is 4.58. The summed E-state index contributed by atoms with van der Waals surface area (Å²) in [5.74, 6) is -0.465. The number of ether oxygens (including phenoxy) is 1. The Morgan fingerprint density at radius 2 is 1.67 bits per heavy atom. The van der Waals surface area contributed by atoms with Gasteiger partial charge in [0.2, 0.25) is 0 Å². The maximum atomic E-state index is 10.6. The van der Waals surface area contributed by atoms with Crippen molar-refractivity contribution in [1.29, 1.82) is 0 Å². The first-order valence-corrected chi connectivity index (χ1v) is 9.94. The first kappa shape index (κ1) is 21.1. The topological polar surface area (TPSA) is 68.1 Å². The fraction of sp³-hybridized carbons (Fsp3) is 0.200. The molecule has 0 saturated carbocycles. The van der Waals surface area contributed by atoms with Gasteiger partial charge < -0.3 is 14.7 Å². The van der Waals surface area contributed by atoms with Gasteiger partial charge in [-0.05, 0) is 40.8 Å². The van der Waals surface area contributed by atoms with Crippen LogP contribution >= 0.6 is 0 Å². The molecule has 3 rings (SSSR count). The normalized spacial score (nSPS) is 11.2. The molecule has 5 nitrogen and oxygen atoms in total. The quantitative estimate of drug-likeness (QED) is 0.287. The summed E-state index contributed by atoms with van der Waals surface area (Å²) < 4.78 is 5.20. The van der Waals surface area contributed by atoms with Gasteiger partial charge in [0, 0.05) is 6.42 Å². The summed E-state index contributed by atoms with van der Waals surface area (Å²) in [7, 11) is 0. The molecule has 0 spiro atoms. The molecule has 1 N–H and O–H groups in total. The number of hydrogen-bond donors (Lipinski definition) is 1.